The molecule has 1 aliphatic rings. The van der Waals surface area contributed by atoms with Crippen LogP contribution in [0.1, 0.15) is 0 Å². The standard InChI is InChI=1S/C14H15N2OP/c17-18-15(13-7-3-1-4-8-13)11-12-16(18)14-9-5-2-6-10-14/h1-10,18H,11-12H2. The second kappa shape index (κ2) is 4.97. The maximum absolute atomic E-state index is 12.5. The summed E-state index contributed by atoms with van der Waals surface area (Å²) in [5, 5.41) is 0. The fourth-order valence-electron chi connectivity index (χ4n) is 2.23. The average molecular weight is 258 g/mol. The summed E-state index contributed by atoms with van der Waals surface area (Å²) in [5.74, 6) is 0. The lowest BCUT2D eigenvalue weighted by Gasteiger charge is -2.27. The van der Waals surface area contributed by atoms with E-state index in [2.05, 4.69) is 0 Å². The molecule has 1 fully saturated rings. The first-order valence-electron chi connectivity index (χ1n) is 6.05. The third kappa shape index (κ3) is 2.07. The Kier molecular flexibility index (Phi) is 3.18. The van der Waals surface area contributed by atoms with Gasteiger partial charge in [0.05, 0.1) is 24.5 Å². The summed E-state index contributed by atoms with van der Waals surface area (Å²) >= 11 is 0. The molecule has 18 heavy (non-hydrogen) atoms. The van der Waals surface area contributed by atoms with E-state index in [0.717, 1.165) is 24.5 Å². The predicted octanol–water partition coefficient (Wildman–Crippen LogP) is 2.33. The van der Waals surface area contributed by atoms with Crippen LogP contribution >= 0.6 is 8.45 Å². The first-order valence-corrected chi connectivity index (χ1v) is 7.36. The van der Waals surface area contributed by atoms with Gasteiger partial charge in [-0.1, -0.05) is 36.4 Å². The molecule has 0 radical (unpaired) electrons. The second-order valence-electron chi connectivity index (χ2n) is 4.26. The highest BCUT2D eigenvalue weighted by Crippen LogP contribution is 2.46. The summed E-state index contributed by atoms with van der Waals surface area (Å²) in [6, 6.07) is 19.9. The van der Waals surface area contributed by atoms with E-state index in [1.165, 1.54) is 0 Å². The molecule has 1 saturated heterocycles. The van der Waals surface area contributed by atoms with Crippen LogP contribution in [0.25, 0.3) is 0 Å². The lowest BCUT2D eigenvalue weighted by molar-refractivity contribution is -0.159. The minimum absolute atomic E-state index is 0.816. The van der Waals surface area contributed by atoms with Crippen LogP contribution in [0.15, 0.2) is 60.7 Å². The summed E-state index contributed by atoms with van der Waals surface area (Å²) in [7, 11) is -1.92. The Hall–Kier alpha value is -1.57. The van der Waals surface area contributed by atoms with Gasteiger partial charge in [0.1, 0.15) is 8.45 Å². The molecule has 1 heterocycles. The molecule has 0 aliphatic carbocycles. The minimum atomic E-state index is -1.92. The molecule has 0 bridgehead atoms. The molecule has 0 saturated carbocycles. The zero-order chi connectivity index (χ0) is 12.4. The highest BCUT2D eigenvalue weighted by Gasteiger charge is 2.32. The van der Waals surface area contributed by atoms with Gasteiger partial charge in [-0.05, 0) is 24.3 Å². The fourth-order valence-corrected chi connectivity index (χ4v) is 3.85. The predicted molar refractivity (Wildman–Crippen MR) is 75.9 cm³/mol. The Morgan fingerprint density at radius 3 is 1.50 bits per heavy atom. The Balaban J connectivity index is 1.83. The summed E-state index contributed by atoms with van der Waals surface area (Å²) in [5.41, 5.74) is 2.08. The molecule has 0 unspecified atom stereocenters. The monoisotopic (exact) mass is 258 g/mol. The maximum Gasteiger partial charge on any atom is 0.140 e. The Bertz CT molecular complexity index is 458. The van der Waals surface area contributed by atoms with Crippen molar-refractivity contribution in [2.45, 2.75) is 0 Å². The second-order valence-corrected chi connectivity index (χ2v) is 5.90. The highest BCUT2D eigenvalue weighted by atomic mass is 31.2. The summed E-state index contributed by atoms with van der Waals surface area (Å²) in [6.45, 7) is 1.63. The van der Waals surface area contributed by atoms with Gasteiger partial charge < -0.3 is 4.89 Å². The van der Waals surface area contributed by atoms with E-state index in [-0.39, 0.29) is 0 Å². The minimum Gasteiger partial charge on any atom is -0.644 e. The van der Waals surface area contributed by atoms with Crippen LogP contribution in [0, 0.1) is 0 Å². The molecule has 2 aromatic carbocycles. The number of rotatable bonds is 2. The summed E-state index contributed by atoms with van der Waals surface area (Å²) < 4.78 is 4.00. The molecule has 0 N–H and O–H groups in total. The SMILES string of the molecule is [O-][PH+]1N(c2ccccc2)CCN1c1ccccc1. The summed E-state index contributed by atoms with van der Waals surface area (Å²) in [4.78, 5) is 12.5. The van der Waals surface area contributed by atoms with Gasteiger partial charge >= 0.3 is 0 Å². The average Bonchev–Trinajstić information content (AvgIpc) is 2.83. The molecule has 2 aromatic rings. The summed E-state index contributed by atoms with van der Waals surface area (Å²) in [6.07, 6.45) is 0. The molecular weight excluding hydrogens is 243 g/mol. The van der Waals surface area contributed by atoms with Crippen LogP contribution in [0.4, 0.5) is 11.4 Å². The molecule has 0 amide bonds. The molecule has 92 valence electrons. The number of anilines is 2. The lowest BCUT2D eigenvalue weighted by atomic mass is 10.3. The molecule has 3 rings (SSSR count). The number of hydrogen-bond acceptors (Lipinski definition) is 3. The van der Waals surface area contributed by atoms with Crippen LogP contribution in [0.3, 0.4) is 0 Å². The van der Waals surface area contributed by atoms with Gasteiger partial charge in [0.15, 0.2) is 0 Å². The van der Waals surface area contributed by atoms with E-state index >= 15 is 0 Å². The fraction of sp³-hybridized carbons (Fsp3) is 0.143. The van der Waals surface area contributed by atoms with Crippen molar-refractivity contribution < 1.29 is 4.89 Å². The van der Waals surface area contributed by atoms with Crippen molar-refractivity contribution in [1.82, 2.24) is 0 Å². The van der Waals surface area contributed by atoms with E-state index < -0.39 is 8.45 Å². The van der Waals surface area contributed by atoms with Crippen LogP contribution in [0.5, 0.6) is 0 Å². The topological polar surface area (TPSA) is 29.5 Å². The molecule has 4 heteroatoms. The molecule has 0 atom stereocenters. The Labute approximate surface area is 108 Å². The van der Waals surface area contributed by atoms with Crippen molar-refractivity contribution in [3.8, 4) is 0 Å². The van der Waals surface area contributed by atoms with E-state index in [1.54, 1.807) is 0 Å². The Morgan fingerprint density at radius 2 is 1.11 bits per heavy atom. The van der Waals surface area contributed by atoms with Gasteiger partial charge in [-0.3, -0.25) is 0 Å². The van der Waals surface area contributed by atoms with Crippen molar-refractivity contribution in [2.75, 3.05) is 22.4 Å². The first kappa shape index (κ1) is 11.5. The molecule has 0 spiro atoms. The third-order valence-corrected chi connectivity index (χ3v) is 5.03. The van der Waals surface area contributed by atoms with E-state index in [4.69, 9.17) is 0 Å². The lowest BCUT2D eigenvalue weighted by Crippen LogP contribution is -2.22. The zero-order valence-electron chi connectivity index (χ0n) is 9.99. The van der Waals surface area contributed by atoms with Gasteiger partial charge in [0.25, 0.3) is 0 Å². The van der Waals surface area contributed by atoms with E-state index in [1.807, 2.05) is 70.0 Å². The molecule has 3 nitrogen and oxygen atoms in total. The highest BCUT2D eigenvalue weighted by molar-refractivity contribution is 7.54. The van der Waals surface area contributed by atoms with Crippen LogP contribution in [-0.2, 0) is 0 Å². The third-order valence-electron chi connectivity index (χ3n) is 3.14. The number of para-hydroxylation sites is 2. The van der Waals surface area contributed by atoms with Gasteiger partial charge in [-0.15, -0.1) is 0 Å². The zero-order valence-corrected chi connectivity index (χ0v) is 11.0. The van der Waals surface area contributed by atoms with E-state index in [0.29, 0.717) is 0 Å². The van der Waals surface area contributed by atoms with Crippen molar-refractivity contribution >= 4 is 19.8 Å². The first-order chi connectivity index (χ1) is 8.86. The quantitative estimate of drug-likeness (QED) is 0.774. The van der Waals surface area contributed by atoms with Crippen LogP contribution < -0.4 is 14.2 Å². The number of hydrogen-bond donors (Lipinski definition) is 0. The van der Waals surface area contributed by atoms with Crippen LogP contribution in [0.2, 0.25) is 0 Å². The largest absolute Gasteiger partial charge is 0.644 e. The molecule has 0 aromatic heterocycles. The smallest absolute Gasteiger partial charge is 0.140 e. The van der Waals surface area contributed by atoms with Crippen molar-refractivity contribution in [3.63, 3.8) is 0 Å². The van der Waals surface area contributed by atoms with Gasteiger partial charge in [0.2, 0.25) is 0 Å². The van der Waals surface area contributed by atoms with Crippen LogP contribution in [-0.4, -0.2) is 13.1 Å². The van der Waals surface area contributed by atoms with Gasteiger partial charge in [-0.2, -0.15) is 0 Å². The molecular formula is C14H15N2OP. The van der Waals surface area contributed by atoms with Gasteiger partial charge in [0, 0.05) is 0 Å². The molecule has 1 aliphatic heterocycles. The van der Waals surface area contributed by atoms with Crippen molar-refractivity contribution in [2.24, 2.45) is 0 Å². The van der Waals surface area contributed by atoms with Gasteiger partial charge in [-0.25, -0.2) is 9.34 Å². The Morgan fingerprint density at radius 1 is 0.722 bits per heavy atom. The number of benzene rings is 2. The number of nitrogens with zero attached hydrogens (tertiary/aromatic N) is 2. The van der Waals surface area contributed by atoms with Crippen molar-refractivity contribution in [3.05, 3.63) is 60.7 Å². The maximum atomic E-state index is 12.5. The normalized spacial score (nSPS) is 16.3. The van der Waals surface area contributed by atoms with E-state index in [9.17, 15) is 4.89 Å². The van der Waals surface area contributed by atoms with Crippen molar-refractivity contribution in [1.29, 1.82) is 0 Å².